The van der Waals surface area contributed by atoms with Gasteiger partial charge in [-0.2, -0.15) is 0 Å². The largest absolute Gasteiger partial charge is 0.492 e. The molecule has 4 amide bonds. The van der Waals surface area contributed by atoms with E-state index in [0.717, 1.165) is 27.5 Å². The van der Waals surface area contributed by atoms with Gasteiger partial charge in [-0.25, -0.2) is 19.6 Å². The van der Waals surface area contributed by atoms with E-state index < -0.39 is 12.1 Å². The minimum absolute atomic E-state index is 0.0275. The van der Waals surface area contributed by atoms with Gasteiger partial charge in [-0.3, -0.25) is 10.1 Å². The average molecular weight is 684 g/mol. The molecule has 1 saturated heterocycles. The van der Waals surface area contributed by atoms with Crippen molar-refractivity contribution in [2.45, 2.75) is 39.2 Å². The molecule has 3 N–H and O–H groups in total. The van der Waals surface area contributed by atoms with Crippen LogP contribution in [-0.2, 0) is 14.9 Å². The van der Waals surface area contributed by atoms with Crippen molar-refractivity contribution in [3.63, 3.8) is 0 Å². The van der Waals surface area contributed by atoms with Crippen LogP contribution in [0, 0.1) is 0 Å². The average Bonchev–Trinajstić information content (AvgIpc) is 3.10. The first-order chi connectivity index (χ1) is 23.8. The number of ether oxygens (including phenoxy) is 3. The van der Waals surface area contributed by atoms with Gasteiger partial charge in [0.25, 0.3) is 5.91 Å². The van der Waals surface area contributed by atoms with E-state index in [2.05, 4.69) is 25.9 Å². The van der Waals surface area contributed by atoms with Gasteiger partial charge in [0.05, 0.1) is 37.4 Å². The molecule has 1 aromatic heterocycles. The third-order valence-corrected chi connectivity index (χ3v) is 8.61. The molecule has 1 aliphatic rings. The number of nitrogens with zero attached hydrogens (tertiary/aromatic N) is 4. The number of hydrogen-bond donors (Lipinski definition) is 3. The van der Waals surface area contributed by atoms with Crippen LogP contribution in [-0.4, -0.2) is 98.0 Å². The summed E-state index contributed by atoms with van der Waals surface area (Å²) in [5.74, 6) is 0.189. The van der Waals surface area contributed by atoms with Crippen LogP contribution in [0.3, 0.4) is 0 Å². The molecule has 0 unspecified atom stereocenters. The van der Waals surface area contributed by atoms with Crippen molar-refractivity contribution in [2.75, 3.05) is 70.1 Å². The molecule has 5 rings (SSSR count). The number of methoxy groups -OCH3 is 1. The fraction of sp³-hybridized carbons (Fsp3) is 0.378. The van der Waals surface area contributed by atoms with Crippen molar-refractivity contribution in [3.05, 3.63) is 72.3 Å². The SMILES string of the molecule is COc1c(NC(=O)Nc2ccc(-c3cnc(C(=O)N4CCOCC4)nc3)c3ccccc23)cc(C(C)(C)C)cc1NC(=O)OC[C@@H](C)N(C)C. The second-order valence-corrected chi connectivity index (χ2v) is 13.4. The molecule has 1 atom stereocenters. The first kappa shape index (κ1) is 36.0. The number of nitrogens with one attached hydrogen (secondary N) is 3. The monoisotopic (exact) mass is 683 g/mol. The number of rotatable bonds is 9. The number of likely N-dealkylation sites (N-methyl/N-ethyl adjacent to an activating group) is 1. The maximum absolute atomic E-state index is 13.6. The third-order valence-electron chi connectivity index (χ3n) is 8.61. The molecule has 0 bridgehead atoms. The standard InChI is InChI=1S/C37H45N7O6/c1-23(43(5)6)22-50-36(47)42-31-19-25(37(2,3)4)18-30(32(31)48-7)41-35(46)40-29-13-12-26(27-10-8-9-11-28(27)29)24-20-38-33(39-21-24)34(45)44-14-16-49-17-15-44/h8-13,18-21,23H,14-17,22H2,1-7H3,(H,42,47)(H2,40,41,46)/t23-/m1/s1. The Hall–Kier alpha value is -5.27. The highest BCUT2D eigenvalue weighted by Crippen LogP contribution is 2.39. The summed E-state index contributed by atoms with van der Waals surface area (Å²) in [5.41, 5.74) is 3.44. The summed E-state index contributed by atoms with van der Waals surface area (Å²) in [6, 6.07) is 14.5. The van der Waals surface area contributed by atoms with Crippen LogP contribution in [0.4, 0.5) is 26.7 Å². The molecule has 4 aromatic rings. The molecule has 2 heterocycles. The van der Waals surface area contributed by atoms with E-state index in [4.69, 9.17) is 14.2 Å². The Morgan fingerprint density at radius 3 is 2.16 bits per heavy atom. The summed E-state index contributed by atoms with van der Waals surface area (Å²) >= 11 is 0. The van der Waals surface area contributed by atoms with Crippen LogP contribution in [0.2, 0.25) is 0 Å². The van der Waals surface area contributed by atoms with Crippen molar-refractivity contribution >= 4 is 45.9 Å². The number of fused-ring (bicyclic) bond motifs is 1. The van der Waals surface area contributed by atoms with Gasteiger partial charge in [0, 0.05) is 42.5 Å². The van der Waals surface area contributed by atoms with Crippen molar-refractivity contribution in [3.8, 4) is 16.9 Å². The number of urea groups is 1. The van der Waals surface area contributed by atoms with E-state index in [1.165, 1.54) is 7.11 Å². The minimum Gasteiger partial charge on any atom is -0.492 e. The van der Waals surface area contributed by atoms with Gasteiger partial charge in [-0.05, 0) is 61.1 Å². The fourth-order valence-corrected chi connectivity index (χ4v) is 5.38. The first-order valence-corrected chi connectivity index (χ1v) is 16.5. The quantitative estimate of drug-likeness (QED) is 0.187. The van der Waals surface area contributed by atoms with Crippen LogP contribution >= 0.6 is 0 Å². The Balaban J connectivity index is 1.37. The topological polar surface area (TPSA) is 147 Å². The molecule has 1 fully saturated rings. The number of carbonyl (C=O) groups is 3. The van der Waals surface area contributed by atoms with E-state index in [1.54, 1.807) is 17.3 Å². The number of carbonyl (C=O) groups excluding carboxylic acids is 3. The van der Waals surface area contributed by atoms with Crippen LogP contribution < -0.4 is 20.7 Å². The van der Waals surface area contributed by atoms with Gasteiger partial charge >= 0.3 is 12.1 Å². The van der Waals surface area contributed by atoms with Crippen molar-refractivity contribution in [2.24, 2.45) is 0 Å². The van der Waals surface area contributed by atoms with E-state index in [9.17, 15) is 14.4 Å². The summed E-state index contributed by atoms with van der Waals surface area (Å²) in [6.45, 7) is 10.3. The number of benzene rings is 3. The zero-order valence-electron chi connectivity index (χ0n) is 29.6. The molecule has 0 aliphatic carbocycles. The second kappa shape index (κ2) is 15.5. The molecular weight excluding hydrogens is 638 g/mol. The smallest absolute Gasteiger partial charge is 0.411 e. The Labute approximate surface area is 292 Å². The number of amides is 4. The van der Waals surface area contributed by atoms with Gasteiger partial charge in [-0.1, -0.05) is 51.1 Å². The number of anilines is 3. The highest BCUT2D eigenvalue weighted by atomic mass is 16.5. The van der Waals surface area contributed by atoms with Crippen LogP contribution in [0.15, 0.2) is 60.9 Å². The van der Waals surface area contributed by atoms with Gasteiger partial charge in [0.2, 0.25) is 5.82 Å². The molecule has 50 heavy (non-hydrogen) atoms. The summed E-state index contributed by atoms with van der Waals surface area (Å²) in [4.78, 5) is 51.6. The zero-order chi connectivity index (χ0) is 36.0. The van der Waals surface area contributed by atoms with Gasteiger partial charge < -0.3 is 34.6 Å². The number of aromatic nitrogens is 2. The lowest BCUT2D eigenvalue weighted by Gasteiger charge is -2.26. The van der Waals surface area contributed by atoms with Crippen LogP contribution in [0.25, 0.3) is 21.9 Å². The maximum atomic E-state index is 13.6. The van der Waals surface area contributed by atoms with Crippen LogP contribution in [0.1, 0.15) is 43.9 Å². The molecule has 3 aromatic carbocycles. The third kappa shape index (κ3) is 8.47. The molecule has 13 nitrogen and oxygen atoms in total. The first-order valence-electron chi connectivity index (χ1n) is 16.5. The number of morpholine rings is 1. The Kier molecular flexibility index (Phi) is 11.2. The molecule has 0 saturated carbocycles. The molecule has 0 radical (unpaired) electrons. The molecule has 13 heteroatoms. The molecular formula is C37H45N7O6. The van der Waals surface area contributed by atoms with E-state index >= 15 is 0 Å². The fourth-order valence-electron chi connectivity index (χ4n) is 5.38. The summed E-state index contributed by atoms with van der Waals surface area (Å²) in [6.07, 6.45) is 2.65. The highest BCUT2D eigenvalue weighted by Gasteiger charge is 2.24. The number of hydrogen-bond acceptors (Lipinski definition) is 9. The van der Waals surface area contributed by atoms with Gasteiger partial charge in [0.1, 0.15) is 6.61 Å². The van der Waals surface area contributed by atoms with Crippen molar-refractivity contribution < 1.29 is 28.6 Å². The molecule has 0 spiro atoms. The van der Waals surface area contributed by atoms with E-state index in [1.807, 2.05) is 95.2 Å². The zero-order valence-corrected chi connectivity index (χ0v) is 29.6. The predicted molar refractivity (Wildman–Crippen MR) is 194 cm³/mol. The van der Waals surface area contributed by atoms with Crippen LogP contribution in [0.5, 0.6) is 5.75 Å². The lowest BCUT2D eigenvalue weighted by Crippen LogP contribution is -2.41. The van der Waals surface area contributed by atoms with Gasteiger partial charge in [0.15, 0.2) is 5.75 Å². The Morgan fingerprint density at radius 2 is 1.54 bits per heavy atom. The summed E-state index contributed by atoms with van der Waals surface area (Å²) in [5, 5.41) is 10.3. The molecule has 1 aliphatic heterocycles. The summed E-state index contributed by atoms with van der Waals surface area (Å²) in [7, 11) is 5.29. The Morgan fingerprint density at radius 1 is 0.920 bits per heavy atom. The molecule has 264 valence electrons. The minimum atomic E-state index is -0.631. The normalized spacial score (nSPS) is 13.9. The van der Waals surface area contributed by atoms with Gasteiger partial charge in [-0.15, -0.1) is 0 Å². The second-order valence-electron chi connectivity index (χ2n) is 13.4. The Bertz CT molecular complexity index is 1850. The lowest BCUT2D eigenvalue weighted by atomic mass is 9.86. The maximum Gasteiger partial charge on any atom is 0.411 e. The highest BCUT2D eigenvalue weighted by molar-refractivity contribution is 6.10. The summed E-state index contributed by atoms with van der Waals surface area (Å²) < 4.78 is 16.5. The van der Waals surface area contributed by atoms with Crippen molar-refractivity contribution in [1.82, 2.24) is 19.8 Å². The van der Waals surface area contributed by atoms with E-state index in [-0.39, 0.29) is 35.5 Å². The van der Waals surface area contributed by atoms with E-state index in [0.29, 0.717) is 43.4 Å². The van der Waals surface area contributed by atoms with Crippen molar-refractivity contribution in [1.29, 1.82) is 0 Å². The lowest BCUT2D eigenvalue weighted by molar-refractivity contribution is 0.0295. The predicted octanol–water partition coefficient (Wildman–Crippen LogP) is 6.22.